The molecule has 2 aliphatic heterocycles. The van der Waals surface area contributed by atoms with Crippen molar-refractivity contribution in [3.8, 4) is 0 Å². The lowest BCUT2D eigenvalue weighted by Gasteiger charge is -2.44. The molecule has 0 N–H and O–H groups in total. The van der Waals surface area contributed by atoms with Crippen LogP contribution >= 0.6 is 11.3 Å². The van der Waals surface area contributed by atoms with E-state index in [-0.39, 0.29) is 5.60 Å². The van der Waals surface area contributed by atoms with E-state index in [1.807, 2.05) is 29.3 Å². The van der Waals surface area contributed by atoms with Gasteiger partial charge in [0, 0.05) is 54.6 Å². The highest BCUT2D eigenvalue weighted by Gasteiger charge is 2.41. The Kier molecular flexibility index (Phi) is 4.03. The fourth-order valence-corrected chi connectivity index (χ4v) is 5.12. The second-order valence-electron chi connectivity index (χ2n) is 6.79. The van der Waals surface area contributed by atoms with Crippen molar-refractivity contribution in [1.82, 2.24) is 14.7 Å². The first-order valence-electron chi connectivity index (χ1n) is 8.64. The van der Waals surface area contributed by atoms with Gasteiger partial charge in [-0.1, -0.05) is 6.92 Å². The van der Waals surface area contributed by atoms with Crippen molar-refractivity contribution in [2.75, 3.05) is 19.7 Å². The molecule has 0 bridgehead atoms. The number of aryl methyl sites for hydroxylation is 2. The number of rotatable bonds is 3. The van der Waals surface area contributed by atoms with Crippen LogP contribution in [0.1, 0.15) is 40.6 Å². The molecule has 0 aliphatic carbocycles. The Morgan fingerprint density at radius 1 is 1.35 bits per heavy atom. The number of hydrogen-bond acceptors (Lipinski definition) is 4. The van der Waals surface area contributed by atoms with Crippen LogP contribution in [0.5, 0.6) is 0 Å². The minimum absolute atomic E-state index is 0.0110. The molecule has 0 atom stereocenters. The van der Waals surface area contributed by atoms with Gasteiger partial charge in [-0.2, -0.15) is 5.10 Å². The molecule has 1 fully saturated rings. The van der Waals surface area contributed by atoms with Crippen LogP contribution < -0.4 is 0 Å². The summed E-state index contributed by atoms with van der Waals surface area (Å²) < 4.78 is 8.24. The van der Waals surface area contributed by atoms with E-state index in [0.717, 1.165) is 51.9 Å². The molecule has 1 spiro atoms. The molecule has 0 aromatic carbocycles. The summed E-state index contributed by atoms with van der Waals surface area (Å²) in [5, 5.41) is 4.27. The van der Waals surface area contributed by atoms with Gasteiger partial charge in [-0.15, -0.1) is 11.3 Å². The maximum atomic E-state index is 6.36. The van der Waals surface area contributed by atoms with E-state index >= 15 is 0 Å². The van der Waals surface area contributed by atoms with Crippen molar-refractivity contribution in [1.29, 1.82) is 0 Å². The molecule has 2 aromatic heterocycles. The van der Waals surface area contributed by atoms with Crippen molar-refractivity contribution >= 4 is 11.3 Å². The molecule has 2 aliphatic rings. The van der Waals surface area contributed by atoms with Gasteiger partial charge in [0.2, 0.25) is 0 Å². The molecule has 0 saturated carbocycles. The van der Waals surface area contributed by atoms with Crippen LogP contribution in [-0.4, -0.2) is 34.4 Å². The van der Waals surface area contributed by atoms with Crippen molar-refractivity contribution in [3.05, 3.63) is 39.3 Å². The van der Waals surface area contributed by atoms with Crippen LogP contribution in [-0.2, 0) is 36.8 Å². The number of fused-ring (bicyclic) bond motifs is 2. The first-order chi connectivity index (χ1) is 11.2. The first kappa shape index (κ1) is 15.4. The van der Waals surface area contributed by atoms with Crippen LogP contribution in [0.3, 0.4) is 0 Å². The van der Waals surface area contributed by atoms with E-state index in [0.29, 0.717) is 0 Å². The highest BCUT2D eigenvalue weighted by Crippen LogP contribution is 2.44. The minimum Gasteiger partial charge on any atom is -0.370 e. The van der Waals surface area contributed by atoms with Gasteiger partial charge < -0.3 is 4.74 Å². The van der Waals surface area contributed by atoms with Gasteiger partial charge >= 0.3 is 0 Å². The third-order valence-electron chi connectivity index (χ3n) is 5.24. The second kappa shape index (κ2) is 6.04. The summed E-state index contributed by atoms with van der Waals surface area (Å²) in [7, 11) is 1.98. The Morgan fingerprint density at radius 2 is 2.17 bits per heavy atom. The summed E-state index contributed by atoms with van der Waals surface area (Å²) in [6, 6.07) is 2.43. The van der Waals surface area contributed by atoms with Gasteiger partial charge in [0.05, 0.1) is 18.4 Å². The van der Waals surface area contributed by atoms with E-state index in [1.165, 1.54) is 16.0 Å². The number of nitrogens with zero attached hydrogens (tertiary/aromatic N) is 3. The highest BCUT2D eigenvalue weighted by molar-refractivity contribution is 7.12. The number of likely N-dealkylation sites (tertiary alicyclic amines) is 1. The maximum Gasteiger partial charge on any atom is 0.0966 e. The molecule has 0 unspecified atom stereocenters. The van der Waals surface area contributed by atoms with Crippen molar-refractivity contribution in [2.24, 2.45) is 7.05 Å². The fraction of sp³-hybridized carbons (Fsp3) is 0.611. The summed E-state index contributed by atoms with van der Waals surface area (Å²) in [5.74, 6) is 0. The lowest BCUT2D eigenvalue weighted by atomic mass is 9.82. The quantitative estimate of drug-likeness (QED) is 0.866. The normalized spacial score (nSPS) is 20.8. The van der Waals surface area contributed by atoms with E-state index in [2.05, 4.69) is 29.2 Å². The van der Waals surface area contributed by atoms with E-state index in [4.69, 9.17) is 4.74 Å². The van der Waals surface area contributed by atoms with Crippen LogP contribution in [0.25, 0.3) is 0 Å². The zero-order valence-corrected chi connectivity index (χ0v) is 14.9. The summed E-state index contributed by atoms with van der Waals surface area (Å²) >= 11 is 2.00. The highest BCUT2D eigenvalue weighted by atomic mass is 32.1. The van der Waals surface area contributed by atoms with E-state index in [1.54, 1.807) is 4.88 Å². The van der Waals surface area contributed by atoms with Crippen molar-refractivity contribution in [3.63, 3.8) is 0 Å². The third-order valence-corrected chi connectivity index (χ3v) is 6.57. The predicted octanol–water partition coefficient (Wildman–Crippen LogP) is 3.11. The van der Waals surface area contributed by atoms with Crippen molar-refractivity contribution in [2.45, 2.75) is 44.8 Å². The van der Waals surface area contributed by atoms with Gasteiger partial charge in [-0.3, -0.25) is 9.58 Å². The molecule has 23 heavy (non-hydrogen) atoms. The Hall–Kier alpha value is -1.17. The van der Waals surface area contributed by atoms with Gasteiger partial charge in [0.1, 0.15) is 0 Å². The van der Waals surface area contributed by atoms with Crippen LogP contribution in [0.15, 0.2) is 18.5 Å². The second-order valence-corrected chi connectivity index (χ2v) is 8.02. The van der Waals surface area contributed by atoms with E-state index in [9.17, 15) is 0 Å². The Balaban J connectivity index is 1.48. The molecule has 4 heterocycles. The smallest absolute Gasteiger partial charge is 0.0966 e. The largest absolute Gasteiger partial charge is 0.370 e. The monoisotopic (exact) mass is 331 g/mol. The van der Waals surface area contributed by atoms with Gasteiger partial charge in [-0.05, 0) is 30.9 Å². The summed E-state index contributed by atoms with van der Waals surface area (Å²) in [4.78, 5) is 5.62. The molecule has 0 radical (unpaired) electrons. The van der Waals surface area contributed by atoms with Gasteiger partial charge in [0.15, 0.2) is 0 Å². The van der Waals surface area contributed by atoms with Crippen LogP contribution in [0, 0.1) is 0 Å². The first-order valence-corrected chi connectivity index (χ1v) is 9.46. The topological polar surface area (TPSA) is 30.3 Å². The lowest BCUT2D eigenvalue weighted by molar-refractivity contribution is -0.0981. The average molecular weight is 331 g/mol. The third kappa shape index (κ3) is 2.86. The number of ether oxygens (including phenoxy) is 1. The molecule has 0 amide bonds. The Labute approximate surface area is 142 Å². The zero-order valence-electron chi connectivity index (χ0n) is 14.0. The molecule has 124 valence electrons. The average Bonchev–Trinajstić information content (AvgIpc) is 3.17. The van der Waals surface area contributed by atoms with Crippen LogP contribution in [0.2, 0.25) is 0 Å². The standard InChI is InChI=1S/C18H25N3OS/c1-3-15-10-16-17(23-15)4-9-22-18(16)5-7-21(8-6-18)13-14-11-19-20(2)12-14/h10-12H,3-9,13H2,1-2H3. The van der Waals surface area contributed by atoms with Gasteiger partial charge in [-0.25, -0.2) is 0 Å². The Morgan fingerprint density at radius 3 is 2.87 bits per heavy atom. The maximum absolute atomic E-state index is 6.36. The lowest BCUT2D eigenvalue weighted by Crippen LogP contribution is -2.45. The molecular weight excluding hydrogens is 306 g/mol. The zero-order chi connectivity index (χ0) is 15.9. The summed E-state index contributed by atoms with van der Waals surface area (Å²) in [6.45, 7) is 6.35. The molecule has 5 heteroatoms. The number of hydrogen-bond donors (Lipinski definition) is 0. The number of thiophene rings is 1. The fourth-order valence-electron chi connectivity index (χ4n) is 3.94. The summed E-state index contributed by atoms with van der Waals surface area (Å²) in [6.07, 6.45) is 8.56. The molecule has 4 nitrogen and oxygen atoms in total. The van der Waals surface area contributed by atoms with Gasteiger partial charge in [0.25, 0.3) is 0 Å². The van der Waals surface area contributed by atoms with E-state index < -0.39 is 0 Å². The SMILES string of the molecule is CCc1cc2c(s1)CCOC21CCN(Cc2cnn(C)c2)CC1. The number of aromatic nitrogens is 2. The number of piperidine rings is 1. The molecular formula is C18H25N3OS. The molecule has 2 aromatic rings. The predicted molar refractivity (Wildman–Crippen MR) is 92.8 cm³/mol. The summed E-state index contributed by atoms with van der Waals surface area (Å²) in [5.41, 5.74) is 2.80. The van der Waals surface area contributed by atoms with Crippen LogP contribution in [0.4, 0.5) is 0 Å². The molecule has 1 saturated heterocycles. The van der Waals surface area contributed by atoms with Crippen molar-refractivity contribution < 1.29 is 4.74 Å². The minimum atomic E-state index is -0.0110. The molecule has 4 rings (SSSR count). The Bertz CT molecular complexity index is 682.